The van der Waals surface area contributed by atoms with Crippen LogP contribution < -0.4 is 5.32 Å². The zero-order valence-electron chi connectivity index (χ0n) is 10.8. The predicted molar refractivity (Wildman–Crippen MR) is 68.9 cm³/mol. The van der Waals surface area contributed by atoms with Gasteiger partial charge in [0.1, 0.15) is 0 Å². The van der Waals surface area contributed by atoms with Gasteiger partial charge in [-0.1, -0.05) is 31.2 Å². The molecule has 1 aromatic rings. The molecule has 3 rings (SSSR count). The summed E-state index contributed by atoms with van der Waals surface area (Å²) in [6.07, 6.45) is 1.58. The van der Waals surface area contributed by atoms with Gasteiger partial charge in [-0.15, -0.1) is 0 Å². The number of hydrogen-bond donors (Lipinski definition) is 2. The summed E-state index contributed by atoms with van der Waals surface area (Å²) in [5.41, 5.74) is 1.32. The Morgan fingerprint density at radius 1 is 1.44 bits per heavy atom. The van der Waals surface area contributed by atoms with Gasteiger partial charge in [0.05, 0.1) is 11.6 Å². The van der Waals surface area contributed by atoms with Crippen LogP contribution in [0, 0.1) is 11.8 Å². The van der Waals surface area contributed by atoms with Gasteiger partial charge in [0.25, 0.3) is 0 Å². The van der Waals surface area contributed by atoms with Gasteiger partial charge < -0.3 is 10.4 Å². The van der Waals surface area contributed by atoms with Crippen LogP contribution in [0.15, 0.2) is 24.3 Å². The first-order valence-electron chi connectivity index (χ1n) is 6.59. The van der Waals surface area contributed by atoms with Crippen LogP contribution in [0.3, 0.4) is 0 Å². The molecule has 2 aliphatic carbocycles. The highest BCUT2D eigenvalue weighted by Gasteiger charge is 2.45. The molecule has 1 fully saturated rings. The summed E-state index contributed by atoms with van der Waals surface area (Å²) in [6.45, 7) is 3.89. The van der Waals surface area contributed by atoms with Gasteiger partial charge in [-0.3, -0.25) is 4.79 Å². The molecular formula is C15H19NO2. The van der Waals surface area contributed by atoms with E-state index in [1.165, 1.54) is 0 Å². The van der Waals surface area contributed by atoms with Crippen LogP contribution in [0.1, 0.15) is 37.4 Å². The van der Waals surface area contributed by atoms with E-state index in [9.17, 15) is 9.90 Å². The molecule has 0 aromatic heterocycles. The van der Waals surface area contributed by atoms with Gasteiger partial charge in [-0.2, -0.15) is 0 Å². The zero-order valence-corrected chi connectivity index (χ0v) is 10.8. The lowest BCUT2D eigenvalue weighted by molar-refractivity contribution is -0.125. The standard InChI is InChI=1S/C15H19NO2/c1-9-7-12(9)14(17)16-13-11-6-4-3-5-10(11)8-15(13,2)18/h3-6,9,12-13,18H,7-8H2,1-2H3,(H,16,17)/t9?,12?,13-,15-/m0/s1. The lowest BCUT2D eigenvalue weighted by Crippen LogP contribution is -2.42. The van der Waals surface area contributed by atoms with E-state index < -0.39 is 5.60 Å². The van der Waals surface area contributed by atoms with Gasteiger partial charge in [-0.25, -0.2) is 0 Å². The van der Waals surface area contributed by atoms with Crippen molar-refractivity contribution in [2.24, 2.45) is 11.8 Å². The van der Waals surface area contributed by atoms with Crippen molar-refractivity contribution in [3.05, 3.63) is 35.4 Å². The number of hydrogen-bond acceptors (Lipinski definition) is 2. The summed E-state index contributed by atoms with van der Waals surface area (Å²) in [7, 11) is 0. The molecule has 0 bridgehead atoms. The smallest absolute Gasteiger partial charge is 0.223 e. The fourth-order valence-corrected chi connectivity index (χ4v) is 2.97. The Morgan fingerprint density at radius 2 is 2.11 bits per heavy atom. The van der Waals surface area contributed by atoms with Crippen LogP contribution in [0.4, 0.5) is 0 Å². The van der Waals surface area contributed by atoms with Crippen LogP contribution in [-0.2, 0) is 11.2 Å². The van der Waals surface area contributed by atoms with E-state index in [0.717, 1.165) is 17.5 Å². The highest BCUT2D eigenvalue weighted by Crippen LogP contribution is 2.42. The molecule has 0 heterocycles. The highest BCUT2D eigenvalue weighted by atomic mass is 16.3. The van der Waals surface area contributed by atoms with Gasteiger partial charge in [-0.05, 0) is 30.4 Å². The van der Waals surface area contributed by atoms with E-state index in [1.54, 1.807) is 6.92 Å². The Morgan fingerprint density at radius 3 is 2.78 bits per heavy atom. The number of amides is 1. The fraction of sp³-hybridized carbons (Fsp3) is 0.533. The van der Waals surface area contributed by atoms with Gasteiger partial charge in [0.2, 0.25) is 5.91 Å². The maximum atomic E-state index is 12.0. The first-order chi connectivity index (χ1) is 8.49. The van der Waals surface area contributed by atoms with Crippen molar-refractivity contribution in [3.8, 4) is 0 Å². The second-order valence-electron chi connectivity index (χ2n) is 5.99. The van der Waals surface area contributed by atoms with Gasteiger partial charge in [0, 0.05) is 12.3 Å². The number of rotatable bonds is 2. The molecule has 3 nitrogen and oxygen atoms in total. The van der Waals surface area contributed by atoms with Gasteiger partial charge in [0.15, 0.2) is 0 Å². The van der Waals surface area contributed by atoms with E-state index in [0.29, 0.717) is 12.3 Å². The predicted octanol–water partition coefficient (Wildman–Crippen LogP) is 1.81. The summed E-state index contributed by atoms with van der Waals surface area (Å²) >= 11 is 0. The average Bonchev–Trinajstić information content (AvgIpc) is 2.97. The number of carbonyl (C=O) groups is 1. The molecule has 1 aromatic carbocycles. The second kappa shape index (κ2) is 3.82. The lowest BCUT2D eigenvalue weighted by atomic mass is 9.97. The largest absolute Gasteiger partial charge is 0.387 e. The van der Waals surface area contributed by atoms with Gasteiger partial charge >= 0.3 is 0 Å². The molecule has 18 heavy (non-hydrogen) atoms. The van der Waals surface area contributed by atoms with E-state index in [1.807, 2.05) is 24.3 Å². The Balaban J connectivity index is 1.83. The number of aliphatic hydroxyl groups is 1. The minimum absolute atomic E-state index is 0.0875. The number of nitrogens with one attached hydrogen (secondary N) is 1. The Hall–Kier alpha value is -1.35. The zero-order chi connectivity index (χ0) is 12.9. The fourth-order valence-electron chi connectivity index (χ4n) is 2.97. The summed E-state index contributed by atoms with van der Waals surface area (Å²) in [4.78, 5) is 12.0. The van der Waals surface area contributed by atoms with Crippen molar-refractivity contribution in [1.82, 2.24) is 5.32 Å². The topological polar surface area (TPSA) is 49.3 Å². The summed E-state index contributed by atoms with van der Waals surface area (Å²) < 4.78 is 0. The molecule has 3 heteroatoms. The SMILES string of the molecule is CC1CC1C(=O)N[C@H]1c2ccccc2C[C@]1(C)O. The number of carbonyl (C=O) groups excluding carboxylic acids is 1. The Kier molecular flexibility index (Phi) is 2.49. The molecule has 0 saturated heterocycles. The maximum Gasteiger partial charge on any atom is 0.223 e. The molecule has 2 aliphatic rings. The molecule has 0 spiro atoms. The summed E-state index contributed by atoms with van der Waals surface area (Å²) in [5.74, 6) is 0.727. The van der Waals surface area contributed by atoms with Crippen molar-refractivity contribution in [3.63, 3.8) is 0 Å². The third-order valence-corrected chi connectivity index (χ3v) is 4.27. The quantitative estimate of drug-likeness (QED) is 0.835. The second-order valence-corrected chi connectivity index (χ2v) is 5.99. The van der Waals surface area contributed by atoms with Crippen LogP contribution in [0.25, 0.3) is 0 Å². The van der Waals surface area contributed by atoms with Crippen LogP contribution in [0.2, 0.25) is 0 Å². The molecule has 2 N–H and O–H groups in total. The van der Waals surface area contributed by atoms with Crippen molar-refractivity contribution >= 4 is 5.91 Å². The summed E-state index contributed by atoms with van der Waals surface area (Å²) in [5, 5.41) is 13.5. The number of fused-ring (bicyclic) bond motifs is 1. The molecule has 2 unspecified atom stereocenters. The maximum absolute atomic E-state index is 12.0. The lowest BCUT2D eigenvalue weighted by Gasteiger charge is -2.27. The van der Waals surface area contributed by atoms with Crippen LogP contribution in [0.5, 0.6) is 0 Å². The monoisotopic (exact) mass is 245 g/mol. The molecule has 0 radical (unpaired) electrons. The number of benzene rings is 1. The van der Waals surface area contributed by atoms with Crippen LogP contribution in [-0.4, -0.2) is 16.6 Å². The van der Waals surface area contributed by atoms with E-state index in [2.05, 4.69) is 12.2 Å². The first-order valence-corrected chi connectivity index (χ1v) is 6.59. The molecule has 1 saturated carbocycles. The van der Waals surface area contributed by atoms with E-state index >= 15 is 0 Å². The summed E-state index contributed by atoms with van der Waals surface area (Å²) in [6, 6.07) is 7.68. The molecule has 4 atom stereocenters. The first kappa shape index (κ1) is 11.7. The highest BCUT2D eigenvalue weighted by molar-refractivity contribution is 5.82. The minimum atomic E-state index is -0.878. The van der Waals surface area contributed by atoms with Crippen molar-refractivity contribution in [2.45, 2.75) is 38.3 Å². The molecule has 1 amide bonds. The Bertz CT molecular complexity index is 495. The van der Waals surface area contributed by atoms with Crippen LogP contribution >= 0.6 is 0 Å². The minimum Gasteiger partial charge on any atom is -0.387 e. The molecule has 96 valence electrons. The normalized spacial score (nSPS) is 37.2. The third-order valence-electron chi connectivity index (χ3n) is 4.27. The third kappa shape index (κ3) is 1.83. The molecular weight excluding hydrogens is 226 g/mol. The van der Waals surface area contributed by atoms with Crippen molar-refractivity contribution in [1.29, 1.82) is 0 Å². The van der Waals surface area contributed by atoms with Crippen molar-refractivity contribution in [2.75, 3.05) is 0 Å². The van der Waals surface area contributed by atoms with E-state index in [-0.39, 0.29) is 17.9 Å². The van der Waals surface area contributed by atoms with E-state index in [4.69, 9.17) is 0 Å². The Labute approximate surface area is 107 Å². The van der Waals surface area contributed by atoms with Crippen molar-refractivity contribution < 1.29 is 9.90 Å². The molecule has 0 aliphatic heterocycles. The average molecular weight is 245 g/mol.